The lowest BCUT2D eigenvalue weighted by atomic mass is 10.1. The van der Waals surface area contributed by atoms with Crippen LogP contribution in [-0.2, 0) is 4.57 Å². The number of benzene rings is 2. The maximum absolute atomic E-state index is 14.3. The Bertz CT molecular complexity index is 720. The molecule has 7 heteroatoms. The molecule has 25 heavy (non-hydrogen) atoms. The average Bonchev–Trinajstić information content (AvgIpc) is 2.68. The summed E-state index contributed by atoms with van der Waals surface area (Å²) in [5, 5.41) is 24.5. The molecule has 0 saturated heterocycles. The molecule has 0 spiro atoms. The van der Waals surface area contributed by atoms with E-state index in [9.17, 15) is 14.8 Å². The Morgan fingerprint density at radius 3 is 1.92 bits per heavy atom. The summed E-state index contributed by atoms with van der Waals surface area (Å²) in [6.07, 6.45) is -0.858. The predicted molar refractivity (Wildman–Crippen MR) is 99.9 cm³/mol. The minimum Gasteiger partial charge on any atom is -0.394 e. The van der Waals surface area contributed by atoms with Gasteiger partial charge in [-0.3, -0.25) is 0 Å². The van der Waals surface area contributed by atoms with Gasteiger partial charge in [-0.1, -0.05) is 72.7 Å². The Morgan fingerprint density at radius 2 is 1.56 bits per heavy atom. The van der Waals surface area contributed by atoms with Crippen LogP contribution in [0.4, 0.5) is 0 Å². The van der Waals surface area contributed by atoms with E-state index in [4.69, 9.17) is 5.53 Å². The van der Waals surface area contributed by atoms with Crippen molar-refractivity contribution in [2.75, 3.05) is 6.61 Å². The van der Waals surface area contributed by atoms with Crippen LogP contribution < -0.4 is 10.6 Å². The predicted octanol–water partition coefficient (Wildman–Crippen LogP) is 2.81. The van der Waals surface area contributed by atoms with E-state index in [2.05, 4.69) is 10.0 Å². The molecule has 0 aliphatic rings. The van der Waals surface area contributed by atoms with Crippen molar-refractivity contribution in [3.63, 3.8) is 0 Å². The lowest BCUT2D eigenvalue weighted by Crippen LogP contribution is -2.41. The molecule has 0 saturated carbocycles. The first-order valence-electron chi connectivity index (χ1n) is 8.13. The fourth-order valence-corrected chi connectivity index (χ4v) is 6.62. The molecule has 0 aliphatic heterocycles. The van der Waals surface area contributed by atoms with Crippen LogP contribution in [0.15, 0.2) is 65.8 Å². The first-order chi connectivity index (χ1) is 12.1. The van der Waals surface area contributed by atoms with Crippen LogP contribution in [0.1, 0.15) is 13.3 Å². The number of hydrogen-bond acceptors (Lipinski definition) is 4. The number of rotatable bonds is 8. The minimum atomic E-state index is -3.22. The van der Waals surface area contributed by atoms with Crippen molar-refractivity contribution >= 4 is 17.8 Å². The van der Waals surface area contributed by atoms with Crippen LogP contribution in [0.5, 0.6) is 0 Å². The molecular weight excluding hydrogens is 337 g/mol. The molecule has 0 unspecified atom stereocenters. The normalized spacial score (nSPS) is 15.0. The zero-order chi connectivity index (χ0) is 18.3. The summed E-state index contributed by atoms with van der Waals surface area (Å²) >= 11 is 0. The van der Waals surface area contributed by atoms with Gasteiger partial charge in [0.2, 0.25) is 0 Å². The van der Waals surface area contributed by atoms with Gasteiger partial charge in [0.1, 0.15) is 7.14 Å². The summed E-state index contributed by atoms with van der Waals surface area (Å²) in [6, 6.07) is 17.1. The van der Waals surface area contributed by atoms with Crippen LogP contribution in [0.25, 0.3) is 10.4 Å². The van der Waals surface area contributed by atoms with E-state index < -0.39 is 31.6 Å². The number of aliphatic hydroxyl groups excluding tert-OH is 2. The fraction of sp³-hybridized carbons (Fsp3) is 0.333. The molecule has 0 amide bonds. The van der Waals surface area contributed by atoms with Crippen molar-refractivity contribution in [3.05, 3.63) is 71.1 Å². The number of hydrogen-bond donors (Lipinski definition) is 2. The Hall–Kier alpha value is -2.10. The second-order valence-electron chi connectivity index (χ2n) is 5.75. The third kappa shape index (κ3) is 3.94. The van der Waals surface area contributed by atoms with Crippen LogP contribution in [0.3, 0.4) is 0 Å². The van der Waals surface area contributed by atoms with Gasteiger partial charge >= 0.3 is 0 Å². The second-order valence-corrected chi connectivity index (χ2v) is 8.76. The lowest BCUT2D eigenvalue weighted by Gasteiger charge is -2.33. The molecule has 0 bridgehead atoms. The van der Waals surface area contributed by atoms with Crippen molar-refractivity contribution in [1.82, 2.24) is 0 Å². The van der Waals surface area contributed by atoms with Crippen molar-refractivity contribution in [2.45, 2.75) is 31.1 Å². The van der Waals surface area contributed by atoms with Gasteiger partial charge in [-0.2, -0.15) is 0 Å². The monoisotopic (exact) mass is 359 g/mol. The minimum absolute atomic E-state index is 0.418. The van der Waals surface area contributed by atoms with E-state index >= 15 is 0 Å². The molecule has 0 aliphatic carbocycles. The maximum Gasteiger partial charge on any atom is 0.146 e. The SMILES string of the molecule is CC[C@@H]([C@@H](N=[N+]=[N-])[C@@H](O)CO)P(=O)(c1ccccc1)c1ccccc1. The summed E-state index contributed by atoms with van der Waals surface area (Å²) in [5.41, 5.74) is 8.28. The molecule has 132 valence electrons. The zero-order valence-corrected chi connectivity index (χ0v) is 14.9. The first kappa shape index (κ1) is 19.2. The van der Waals surface area contributed by atoms with Crippen molar-refractivity contribution in [1.29, 1.82) is 0 Å². The molecule has 2 rings (SSSR count). The third-order valence-electron chi connectivity index (χ3n) is 4.33. The molecular formula is C18H22N3O3P. The topological polar surface area (TPSA) is 106 Å². The lowest BCUT2D eigenvalue weighted by molar-refractivity contribution is 0.0726. The highest BCUT2D eigenvalue weighted by Gasteiger charge is 2.42. The summed E-state index contributed by atoms with van der Waals surface area (Å²) < 4.78 is 14.3. The third-order valence-corrected chi connectivity index (χ3v) is 8.06. The molecule has 6 nitrogen and oxygen atoms in total. The highest BCUT2D eigenvalue weighted by molar-refractivity contribution is 7.79. The molecule has 0 aromatic heterocycles. The van der Waals surface area contributed by atoms with Crippen molar-refractivity contribution < 1.29 is 14.8 Å². The van der Waals surface area contributed by atoms with Gasteiger partial charge in [-0.05, 0) is 12.0 Å². The van der Waals surface area contributed by atoms with Gasteiger partial charge in [0, 0.05) is 21.2 Å². The highest BCUT2D eigenvalue weighted by atomic mass is 31.2. The van der Waals surface area contributed by atoms with E-state index in [0.717, 1.165) is 0 Å². The van der Waals surface area contributed by atoms with Gasteiger partial charge in [0.05, 0.1) is 18.8 Å². The maximum atomic E-state index is 14.3. The van der Waals surface area contributed by atoms with Gasteiger partial charge in [-0.25, -0.2) is 0 Å². The Labute approximate surface area is 147 Å². The molecule has 3 atom stereocenters. The molecule has 2 aromatic carbocycles. The summed E-state index contributed by atoms with van der Waals surface area (Å²) in [5.74, 6) is 0. The van der Waals surface area contributed by atoms with Gasteiger partial charge < -0.3 is 14.8 Å². The number of azide groups is 1. The molecule has 0 radical (unpaired) electrons. The molecule has 0 fully saturated rings. The molecule has 0 heterocycles. The van der Waals surface area contributed by atoms with E-state index in [1.165, 1.54) is 0 Å². The number of nitrogens with zero attached hydrogens (tertiary/aromatic N) is 3. The summed E-state index contributed by atoms with van der Waals surface area (Å²) in [4.78, 5) is 2.81. The van der Waals surface area contributed by atoms with Crippen LogP contribution in [0, 0.1) is 0 Å². The number of aliphatic hydroxyl groups is 2. The van der Waals surface area contributed by atoms with Crippen molar-refractivity contribution in [3.8, 4) is 0 Å². The van der Waals surface area contributed by atoms with Gasteiger partial charge in [0.15, 0.2) is 0 Å². The van der Waals surface area contributed by atoms with Crippen molar-refractivity contribution in [2.24, 2.45) is 5.11 Å². The average molecular weight is 359 g/mol. The van der Waals surface area contributed by atoms with Crippen LogP contribution in [-0.4, -0.2) is 34.6 Å². The standard InChI is InChI=1S/C18H22N3O3P/c1-2-17(18(20-21-19)16(23)13-22)25(24,14-9-5-3-6-10-14)15-11-7-4-8-12-15/h3-12,16-18,22-23H,2,13H2,1H3/t16-,17-,18-/m0/s1. The Kier molecular flexibility index (Phi) is 6.80. The first-order valence-corrected chi connectivity index (χ1v) is 9.91. The summed E-state index contributed by atoms with van der Waals surface area (Å²) in [7, 11) is -3.22. The quantitative estimate of drug-likeness (QED) is 0.327. The van der Waals surface area contributed by atoms with E-state index in [-0.39, 0.29) is 0 Å². The smallest absolute Gasteiger partial charge is 0.146 e. The fourth-order valence-electron chi connectivity index (χ4n) is 3.12. The largest absolute Gasteiger partial charge is 0.394 e. The Balaban J connectivity index is 2.69. The van der Waals surface area contributed by atoms with E-state index in [0.29, 0.717) is 17.0 Å². The zero-order valence-electron chi connectivity index (χ0n) is 14.0. The molecule has 2 N–H and O–H groups in total. The van der Waals surface area contributed by atoms with Gasteiger partial charge in [0.25, 0.3) is 0 Å². The van der Waals surface area contributed by atoms with Crippen LogP contribution >= 0.6 is 7.14 Å². The summed E-state index contributed by atoms with van der Waals surface area (Å²) in [6.45, 7) is 1.27. The highest BCUT2D eigenvalue weighted by Crippen LogP contribution is 2.52. The van der Waals surface area contributed by atoms with Gasteiger partial charge in [-0.15, -0.1) is 0 Å². The molecule has 2 aromatic rings. The van der Waals surface area contributed by atoms with E-state index in [1.54, 1.807) is 24.3 Å². The second kappa shape index (κ2) is 8.84. The van der Waals surface area contributed by atoms with Crippen LogP contribution in [0.2, 0.25) is 0 Å². The Morgan fingerprint density at radius 1 is 1.08 bits per heavy atom. The van der Waals surface area contributed by atoms with E-state index in [1.807, 2.05) is 43.3 Å².